The standard InChI is InChI=1S/C18H22ClN3O/c1-21(2)17-12-22(18-16(19)5-4-10-20-18)11-15(17)13-6-8-14(23-3)9-7-13/h4-10,15,17H,11-12H2,1-3H3/t15-,17+/m0/s1. The molecule has 0 amide bonds. The van der Waals surface area contributed by atoms with E-state index in [0.29, 0.717) is 17.0 Å². The van der Waals surface area contributed by atoms with Crippen molar-refractivity contribution in [3.63, 3.8) is 0 Å². The number of halogens is 1. The van der Waals surface area contributed by atoms with Crippen LogP contribution in [0.15, 0.2) is 42.6 Å². The summed E-state index contributed by atoms with van der Waals surface area (Å²) in [4.78, 5) is 9.03. The molecule has 1 fully saturated rings. The zero-order chi connectivity index (χ0) is 16.4. The second-order valence-corrected chi connectivity index (χ2v) is 6.53. The molecule has 2 atom stereocenters. The number of aromatic nitrogens is 1. The van der Waals surface area contributed by atoms with Gasteiger partial charge in [0.05, 0.1) is 12.1 Å². The largest absolute Gasteiger partial charge is 0.497 e. The van der Waals surface area contributed by atoms with Crippen molar-refractivity contribution in [1.29, 1.82) is 0 Å². The summed E-state index contributed by atoms with van der Waals surface area (Å²) in [5.41, 5.74) is 1.32. The number of benzene rings is 1. The Morgan fingerprint density at radius 2 is 1.91 bits per heavy atom. The Morgan fingerprint density at radius 3 is 2.52 bits per heavy atom. The van der Waals surface area contributed by atoms with Crippen molar-refractivity contribution in [2.45, 2.75) is 12.0 Å². The first-order valence-electron chi connectivity index (χ1n) is 7.76. The second kappa shape index (κ2) is 6.77. The third kappa shape index (κ3) is 3.28. The number of nitrogens with zero attached hydrogens (tertiary/aromatic N) is 3. The predicted molar refractivity (Wildman–Crippen MR) is 94.7 cm³/mol. The highest BCUT2D eigenvalue weighted by molar-refractivity contribution is 6.32. The Kier molecular flexibility index (Phi) is 4.74. The van der Waals surface area contributed by atoms with Gasteiger partial charge in [-0.15, -0.1) is 0 Å². The van der Waals surface area contributed by atoms with E-state index < -0.39 is 0 Å². The summed E-state index contributed by atoms with van der Waals surface area (Å²) in [5.74, 6) is 2.17. The van der Waals surface area contributed by atoms with Gasteiger partial charge >= 0.3 is 0 Å². The lowest BCUT2D eigenvalue weighted by molar-refractivity contribution is 0.292. The quantitative estimate of drug-likeness (QED) is 0.859. The molecule has 122 valence electrons. The van der Waals surface area contributed by atoms with Gasteiger partial charge in [0.2, 0.25) is 0 Å². The number of pyridine rings is 1. The summed E-state index contributed by atoms with van der Waals surface area (Å²) in [6, 6.07) is 12.5. The van der Waals surface area contributed by atoms with Crippen molar-refractivity contribution < 1.29 is 4.74 Å². The highest BCUT2D eigenvalue weighted by Crippen LogP contribution is 2.35. The molecule has 1 aliphatic heterocycles. The van der Waals surface area contributed by atoms with Crippen LogP contribution < -0.4 is 9.64 Å². The number of hydrogen-bond donors (Lipinski definition) is 0. The highest BCUT2D eigenvalue weighted by atomic mass is 35.5. The number of hydrogen-bond acceptors (Lipinski definition) is 4. The minimum absolute atomic E-state index is 0.411. The maximum absolute atomic E-state index is 6.33. The molecule has 1 aliphatic rings. The molecule has 0 bridgehead atoms. The molecule has 0 aliphatic carbocycles. The first-order valence-corrected chi connectivity index (χ1v) is 8.14. The Balaban J connectivity index is 1.88. The van der Waals surface area contributed by atoms with Crippen LogP contribution in [0.1, 0.15) is 11.5 Å². The van der Waals surface area contributed by atoms with E-state index in [4.69, 9.17) is 16.3 Å². The van der Waals surface area contributed by atoms with Crippen LogP contribution in [-0.2, 0) is 0 Å². The van der Waals surface area contributed by atoms with Gasteiger partial charge in [-0.25, -0.2) is 4.98 Å². The Bertz CT molecular complexity index is 660. The van der Waals surface area contributed by atoms with Crippen molar-refractivity contribution in [3.8, 4) is 5.75 Å². The molecule has 2 aromatic rings. The lowest BCUT2D eigenvalue weighted by Gasteiger charge is -2.25. The van der Waals surface area contributed by atoms with Crippen LogP contribution in [-0.4, -0.2) is 50.2 Å². The van der Waals surface area contributed by atoms with E-state index in [2.05, 4.69) is 41.0 Å². The van der Waals surface area contributed by atoms with E-state index in [9.17, 15) is 0 Å². The molecule has 5 heteroatoms. The van der Waals surface area contributed by atoms with Crippen LogP contribution in [0.25, 0.3) is 0 Å². The summed E-state index contributed by atoms with van der Waals surface area (Å²) < 4.78 is 5.26. The first-order chi connectivity index (χ1) is 11.1. The van der Waals surface area contributed by atoms with Gasteiger partial charge in [0.1, 0.15) is 11.6 Å². The van der Waals surface area contributed by atoms with Gasteiger partial charge in [-0.2, -0.15) is 0 Å². The smallest absolute Gasteiger partial charge is 0.147 e. The summed E-state index contributed by atoms with van der Waals surface area (Å²) in [6.45, 7) is 1.83. The average Bonchev–Trinajstić information content (AvgIpc) is 3.01. The van der Waals surface area contributed by atoms with E-state index in [0.717, 1.165) is 24.7 Å². The molecule has 23 heavy (non-hydrogen) atoms. The highest BCUT2D eigenvalue weighted by Gasteiger charge is 2.36. The lowest BCUT2D eigenvalue weighted by atomic mass is 9.93. The monoisotopic (exact) mass is 331 g/mol. The van der Waals surface area contributed by atoms with Gasteiger partial charge in [-0.3, -0.25) is 0 Å². The van der Waals surface area contributed by atoms with Gasteiger partial charge in [0.15, 0.2) is 0 Å². The second-order valence-electron chi connectivity index (χ2n) is 6.12. The van der Waals surface area contributed by atoms with Crippen LogP contribution in [0.5, 0.6) is 5.75 Å². The van der Waals surface area contributed by atoms with Crippen molar-refractivity contribution in [3.05, 3.63) is 53.2 Å². The molecule has 1 saturated heterocycles. The third-order valence-corrected chi connectivity index (χ3v) is 4.83. The normalized spacial score (nSPS) is 21.0. The van der Waals surface area contributed by atoms with E-state index in [1.54, 1.807) is 13.3 Å². The predicted octanol–water partition coefficient (Wildman–Crippen LogP) is 3.28. The summed E-state index contributed by atoms with van der Waals surface area (Å²) in [5, 5.41) is 0.709. The van der Waals surface area contributed by atoms with Crippen molar-refractivity contribution >= 4 is 17.4 Å². The maximum atomic E-state index is 6.33. The molecule has 2 heterocycles. The maximum Gasteiger partial charge on any atom is 0.147 e. The molecule has 1 aromatic heterocycles. The van der Waals surface area contributed by atoms with E-state index in [-0.39, 0.29) is 0 Å². The molecule has 0 radical (unpaired) electrons. The fraction of sp³-hybridized carbons (Fsp3) is 0.389. The molecule has 3 rings (SSSR count). The first kappa shape index (κ1) is 16.1. The van der Waals surface area contributed by atoms with E-state index >= 15 is 0 Å². The fourth-order valence-electron chi connectivity index (χ4n) is 3.27. The molecule has 1 aromatic carbocycles. The van der Waals surface area contributed by atoms with E-state index in [1.807, 2.05) is 24.3 Å². The summed E-state index contributed by atoms with van der Waals surface area (Å²) in [6.07, 6.45) is 1.80. The molecule has 4 nitrogen and oxygen atoms in total. The van der Waals surface area contributed by atoms with E-state index in [1.165, 1.54) is 5.56 Å². The SMILES string of the molecule is COc1ccc([C@@H]2CN(c3ncccc3Cl)C[C@H]2N(C)C)cc1. The van der Waals surface area contributed by atoms with Crippen molar-refractivity contribution in [2.75, 3.05) is 39.2 Å². The van der Waals surface area contributed by atoms with Crippen LogP contribution in [0.3, 0.4) is 0 Å². The number of methoxy groups -OCH3 is 1. The molecular formula is C18H22ClN3O. The van der Waals surface area contributed by atoms with Crippen LogP contribution in [0, 0.1) is 0 Å². The van der Waals surface area contributed by atoms with Crippen molar-refractivity contribution in [1.82, 2.24) is 9.88 Å². The number of rotatable bonds is 4. The van der Waals surface area contributed by atoms with Gasteiger partial charge in [0, 0.05) is 31.2 Å². The van der Waals surface area contributed by atoms with Crippen LogP contribution >= 0.6 is 11.6 Å². The third-order valence-electron chi connectivity index (χ3n) is 4.53. The van der Waals surface area contributed by atoms with Crippen molar-refractivity contribution in [2.24, 2.45) is 0 Å². The molecule has 0 spiro atoms. The summed E-state index contributed by atoms with van der Waals surface area (Å²) >= 11 is 6.33. The Labute approximate surface area is 142 Å². The molecule has 0 saturated carbocycles. The van der Waals surface area contributed by atoms with Gasteiger partial charge in [0.25, 0.3) is 0 Å². The zero-order valence-corrected chi connectivity index (χ0v) is 14.5. The van der Waals surface area contributed by atoms with Gasteiger partial charge < -0.3 is 14.5 Å². The summed E-state index contributed by atoms with van der Waals surface area (Å²) in [7, 11) is 5.95. The Hall–Kier alpha value is -1.78. The Morgan fingerprint density at radius 1 is 1.17 bits per heavy atom. The lowest BCUT2D eigenvalue weighted by Crippen LogP contribution is -2.34. The number of anilines is 1. The minimum atomic E-state index is 0.411. The molecule has 0 unspecified atom stereocenters. The number of likely N-dealkylation sites (N-methyl/N-ethyl adjacent to an activating group) is 1. The van der Waals surface area contributed by atoms with Crippen LogP contribution in [0.4, 0.5) is 5.82 Å². The zero-order valence-electron chi connectivity index (χ0n) is 13.7. The fourth-order valence-corrected chi connectivity index (χ4v) is 3.51. The van der Waals surface area contributed by atoms with Gasteiger partial charge in [-0.05, 0) is 43.9 Å². The average molecular weight is 332 g/mol. The molecular weight excluding hydrogens is 310 g/mol. The molecule has 0 N–H and O–H groups in total. The topological polar surface area (TPSA) is 28.6 Å². The van der Waals surface area contributed by atoms with Gasteiger partial charge in [-0.1, -0.05) is 23.7 Å². The van der Waals surface area contributed by atoms with Crippen LogP contribution in [0.2, 0.25) is 5.02 Å². The number of ether oxygens (including phenoxy) is 1. The minimum Gasteiger partial charge on any atom is -0.497 e.